The Kier molecular flexibility index (Phi) is 1.67. The lowest BCUT2D eigenvalue weighted by atomic mass is 10.2. The van der Waals surface area contributed by atoms with E-state index in [4.69, 9.17) is 0 Å². The molecule has 0 aliphatic heterocycles. The van der Waals surface area contributed by atoms with Crippen molar-refractivity contribution >= 4 is 0 Å². The molecule has 0 aliphatic carbocycles. The molecule has 1 aromatic heterocycles. The molecule has 2 nitrogen and oxygen atoms in total. The van der Waals surface area contributed by atoms with Crippen LogP contribution in [0.25, 0.3) is 11.4 Å². The number of benzene rings is 1. The van der Waals surface area contributed by atoms with Crippen molar-refractivity contribution in [2.45, 2.75) is 0 Å². The Bertz CT molecular complexity index is 362. The Morgan fingerprint density at radius 1 is 1.50 bits per heavy atom. The zero-order valence-corrected chi connectivity index (χ0v) is 6.86. The molecule has 0 aliphatic rings. The number of hydrogen-bond acceptors (Lipinski definition) is 1. The molecule has 12 heavy (non-hydrogen) atoms. The largest absolute Gasteiger partial charge is 0.334 e. The molecule has 0 fully saturated rings. The molecule has 2 aromatic rings. The summed E-state index contributed by atoms with van der Waals surface area (Å²) in [5, 5.41) is 0. The minimum atomic E-state index is 0.979. The van der Waals surface area contributed by atoms with Crippen LogP contribution >= 0.6 is 0 Å². The van der Waals surface area contributed by atoms with Crippen molar-refractivity contribution < 1.29 is 0 Å². The van der Waals surface area contributed by atoms with Crippen molar-refractivity contribution in [3.05, 3.63) is 42.7 Å². The van der Waals surface area contributed by atoms with Crippen LogP contribution in [-0.4, -0.2) is 9.55 Å². The average Bonchev–Trinajstić information content (AvgIpc) is 2.53. The van der Waals surface area contributed by atoms with Gasteiger partial charge < -0.3 is 4.57 Å². The second-order valence-corrected chi connectivity index (χ2v) is 2.65. The Labute approximate surface area is 71.5 Å². The maximum absolute atomic E-state index is 4.23. The van der Waals surface area contributed by atoms with E-state index >= 15 is 0 Å². The first-order chi connectivity index (χ1) is 5.88. The molecule has 0 N–H and O–H groups in total. The van der Waals surface area contributed by atoms with Crippen molar-refractivity contribution in [1.82, 2.24) is 9.55 Å². The van der Waals surface area contributed by atoms with Crippen LogP contribution < -0.4 is 0 Å². The first-order valence-corrected chi connectivity index (χ1v) is 3.82. The van der Waals surface area contributed by atoms with Crippen LogP contribution in [0.1, 0.15) is 0 Å². The highest BCUT2D eigenvalue weighted by Crippen LogP contribution is 2.14. The summed E-state index contributed by atoms with van der Waals surface area (Å²) in [6.07, 6.45) is 3.73. The van der Waals surface area contributed by atoms with Crippen molar-refractivity contribution in [2.75, 3.05) is 0 Å². The van der Waals surface area contributed by atoms with E-state index < -0.39 is 0 Å². The predicted octanol–water partition coefficient (Wildman–Crippen LogP) is 1.89. The van der Waals surface area contributed by atoms with Crippen LogP contribution in [0.5, 0.6) is 0 Å². The Morgan fingerprint density at radius 2 is 2.42 bits per heavy atom. The molecule has 0 saturated carbocycles. The summed E-state index contributed by atoms with van der Waals surface area (Å²) in [4.78, 5) is 4.23. The number of nitrogens with zero attached hydrogens (tertiary/aromatic N) is 2. The normalized spacial score (nSPS) is 10.1. The van der Waals surface area contributed by atoms with E-state index in [1.165, 1.54) is 0 Å². The van der Waals surface area contributed by atoms with Gasteiger partial charge in [-0.2, -0.15) is 0 Å². The molecular formula is C10H9N2. The molecule has 1 radical (unpaired) electrons. The van der Waals surface area contributed by atoms with Crippen molar-refractivity contribution in [2.24, 2.45) is 7.05 Å². The standard InChI is InChI=1S/C10H9N2/c1-12-8-7-11-10(12)9-5-3-2-4-6-9/h2-3,5-8H,1H3. The molecule has 0 saturated heterocycles. The third-order valence-corrected chi connectivity index (χ3v) is 1.79. The topological polar surface area (TPSA) is 17.8 Å². The van der Waals surface area contributed by atoms with E-state index in [2.05, 4.69) is 11.1 Å². The summed E-state index contributed by atoms with van der Waals surface area (Å²) in [6, 6.07) is 10.8. The molecule has 0 amide bonds. The third kappa shape index (κ3) is 1.11. The van der Waals surface area contributed by atoms with Crippen molar-refractivity contribution in [1.29, 1.82) is 0 Å². The summed E-state index contributed by atoms with van der Waals surface area (Å²) in [5.74, 6) is 0.979. The summed E-state index contributed by atoms with van der Waals surface area (Å²) in [5.41, 5.74) is 1.10. The maximum Gasteiger partial charge on any atom is 0.139 e. The zero-order chi connectivity index (χ0) is 8.39. The lowest BCUT2D eigenvalue weighted by Crippen LogP contribution is -1.90. The van der Waals surface area contributed by atoms with Gasteiger partial charge in [-0.25, -0.2) is 4.98 Å². The summed E-state index contributed by atoms with van der Waals surface area (Å²) in [6.45, 7) is 0. The smallest absolute Gasteiger partial charge is 0.139 e. The summed E-state index contributed by atoms with van der Waals surface area (Å²) in [7, 11) is 1.98. The molecule has 2 heteroatoms. The van der Waals surface area contributed by atoms with E-state index in [-0.39, 0.29) is 0 Å². The second-order valence-electron chi connectivity index (χ2n) is 2.65. The van der Waals surface area contributed by atoms with E-state index in [0.29, 0.717) is 0 Å². The van der Waals surface area contributed by atoms with Gasteiger partial charge in [-0.15, -0.1) is 0 Å². The fourth-order valence-electron chi connectivity index (χ4n) is 1.18. The second kappa shape index (κ2) is 2.81. The Morgan fingerprint density at radius 3 is 3.00 bits per heavy atom. The molecule has 2 rings (SSSR count). The highest BCUT2D eigenvalue weighted by molar-refractivity contribution is 5.54. The lowest BCUT2D eigenvalue weighted by Gasteiger charge is -1.99. The van der Waals surface area contributed by atoms with Gasteiger partial charge in [0.05, 0.1) is 0 Å². The van der Waals surface area contributed by atoms with Gasteiger partial charge in [0.25, 0.3) is 0 Å². The van der Waals surface area contributed by atoms with Gasteiger partial charge in [0.1, 0.15) is 5.82 Å². The lowest BCUT2D eigenvalue weighted by molar-refractivity contribution is 0.925. The molecule has 1 heterocycles. The monoisotopic (exact) mass is 157 g/mol. The van der Waals surface area contributed by atoms with Crippen LogP contribution in [-0.2, 0) is 7.05 Å². The van der Waals surface area contributed by atoms with Gasteiger partial charge >= 0.3 is 0 Å². The molecule has 0 unspecified atom stereocenters. The fraction of sp³-hybridized carbons (Fsp3) is 0.100. The van der Waals surface area contributed by atoms with Gasteiger partial charge in [0.15, 0.2) is 0 Å². The third-order valence-electron chi connectivity index (χ3n) is 1.79. The van der Waals surface area contributed by atoms with Crippen molar-refractivity contribution in [3.63, 3.8) is 0 Å². The molecular weight excluding hydrogens is 148 g/mol. The number of aromatic nitrogens is 2. The van der Waals surface area contributed by atoms with Crippen LogP contribution in [0.3, 0.4) is 0 Å². The molecule has 0 bridgehead atoms. The fourth-order valence-corrected chi connectivity index (χ4v) is 1.18. The zero-order valence-electron chi connectivity index (χ0n) is 6.86. The minimum Gasteiger partial charge on any atom is -0.334 e. The minimum absolute atomic E-state index is 0.979. The average molecular weight is 157 g/mol. The van der Waals surface area contributed by atoms with Gasteiger partial charge in [0, 0.05) is 25.0 Å². The van der Waals surface area contributed by atoms with Crippen LogP contribution in [0, 0.1) is 6.07 Å². The van der Waals surface area contributed by atoms with E-state index in [1.807, 2.05) is 42.1 Å². The molecule has 1 aromatic carbocycles. The molecule has 59 valence electrons. The first-order valence-electron chi connectivity index (χ1n) is 3.82. The van der Waals surface area contributed by atoms with Gasteiger partial charge in [-0.3, -0.25) is 0 Å². The highest BCUT2D eigenvalue weighted by Gasteiger charge is 1.99. The number of hydrogen-bond donors (Lipinski definition) is 0. The first kappa shape index (κ1) is 7.10. The summed E-state index contributed by atoms with van der Waals surface area (Å²) < 4.78 is 1.99. The van der Waals surface area contributed by atoms with E-state index in [0.717, 1.165) is 11.4 Å². The maximum atomic E-state index is 4.23. The Hall–Kier alpha value is -1.57. The predicted molar refractivity (Wildman–Crippen MR) is 47.5 cm³/mol. The van der Waals surface area contributed by atoms with Crippen LogP contribution in [0.15, 0.2) is 36.7 Å². The molecule has 0 spiro atoms. The SMILES string of the molecule is Cn1ccnc1-c1c[c]ccc1. The van der Waals surface area contributed by atoms with Crippen molar-refractivity contribution in [3.8, 4) is 11.4 Å². The van der Waals surface area contributed by atoms with E-state index in [9.17, 15) is 0 Å². The number of aryl methyl sites for hydroxylation is 1. The summed E-state index contributed by atoms with van der Waals surface area (Å²) >= 11 is 0. The number of imidazole rings is 1. The molecule has 0 atom stereocenters. The van der Waals surface area contributed by atoms with Crippen LogP contribution in [0.2, 0.25) is 0 Å². The quantitative estimate of drug-likeness (QED) is 0.618. The van der Waals surface area contributed by atoms with Gasteiger partial charge in [-0.1, -0.05) is 18.2 Å². The number of rotatable bonds is 1. The van der Waals surface area contributed by atoms with Gasteiger partial charge in [0.2, 0.25) is 0 Å². The van der Waals surface area contributed by atoms with Gasteiger partial charge in [-0.05, 0) is 12.1 Å². The Balaban J connectivity index is 2.51. The van der Waals surface area contributed by atoms with E-state index in [1.54, 1.807) is 6.20 Å². The van der Waals surface area contributed by atoms with Crippen LogP contribution in [0.4, 0.5) is 0 Å². The highest BCUT2D eigenvalue weighted by atomic mass is 15.0.